The highest BCUT2D eigenvalue weighted by molar-refractivity contribution is 5.98. The van der Waals surface area contributed by atoms with Crippen molar-refractivity contribution in [1.82, 2.24) is 15.1 Å². The Labute approximate surface area is 168 Å². The number of rotatable bonds is 6. The summed E-state index contributed by atoms with van der Waals surface area (Å²) in [4.78, 5) is 24.7. The predicted molar refractivity (Wildman–Crippen MR) is 109 cm³/mol. The second-order valence-corrected chi connectivity index (χ2v) is 6.87. The van der Waals surface area contributed by atoms with Gasteiger partial charge in [-0.05, 0) is 54.8 Å². The average Bonchev–Trinajstić information content (AvgIpc) is 3.47. The van der Waals surface area contributed by atoms with E-state index in [1.165, 1.54) is 0 Å². The smallest absolute Gasteiger partial charge is 0.253 e. The van der Waals surface area contributed by atoms with Gasteiger partial charge in [-0.3, -0.25) is 9.59 Å². The maximum absolute atomic E-state index is 12.5. The number of anilines is 1. The molecule has 1 unspecified atom stereocenters. The van der Waals surface area contributed by atoms with Crippen LogP contribution in [0.15, 0.2) is 67.0 Å². The Bertz CT molecular complexity index is 978. The lowest BCUT2D eigenvalue weighted by atomic mass is 10.1. The fourth-order valence-corrected chi connectivity index (χ4v) is 3.22. The van der Waals surface area contributed by atoms with Crippen LogP contribution in [0.3, 0.4) is 0 Å². The highest BCUT2D eigenvalue weighted by Gasteiger charge is 2.23. The Balaban J connectivity index is 1.34. The van der Waals surface area contributed by atoms with E-state index in [0.29, 0.717) is 24.4 Å². The van der Waals surface area contributed by atoms with Gasteiger partial charge in [0, 0.05) is 36.8 Å². The summed E-state index contributed by atoms with van der Waals surface area (Å²) >= 11 is 0. The number of aromatic nitrogens is 2. The van der Waals surface area contributed by atoms with Gasteiger partial charge in [0.15, 0.2) is 0 Å². The summed E-state index contributed by atoms with van der Waals surface area (Å²) in [5.41, 5.74) is 3.02. The van der Waals surface area contributed by atoms with Crippen molar-refractivity contribution in [2.24, 2.45) is 0 Å². The molecule has 2 N–H and O–H groups in total. The Kier molecular flexibility index (Phi) is 5.67. The van der Waals surface area contributed by atoms with Crippen LogP contribution >= 0.6 is 0 Å². The molecule has 1 fully saturated rings. The fourth-order valence-electron chi connectivity index (χ4n) is 3.22. The third kappa shape index (κ3) is 4.70. The zero-order chi connectivity index (χ0) is 20.1. The van der Waals surface area contributed by atoms with Crippen LogP contribution in [0.25, 0.3) is 5.69 Å². The zero-order valence-electron chi connectivity index (χ0n) is 15.9. The Morgan fingerprint density at radius 3 is 2.72 bits per heavy atom. The number of benzene rings is 2. The van der Waals surface area contributed by atoms with Crippen LogP contribution in [-0.2, 0) is 16.1 Å². The van der Waals surface area contributed by atoms with Crippen LogP contribution in [0.4, 0.5) is 5.69 Å². The Morgan fingerprint density at radius 2 is 2.00 bits per heavy atom. The van der Waals surface area contributed by atoms with E-state index in [1.807, 2.05) is 36.5 Å². The average molecular weight is 390 g/mol. The molecule has 1 aromatic heterocycles. The quantitative estimate of drug-likeness (QED) is 0.678. The third-order valence-electron chi connectivity index (χ3n) is 4.77. The van der Waals surface area contributed by atoms with Gasteiger partial charge in [-0.25, -0.2) is 4.68 Å². The van der Waals surface area contributed by atoms with Gasteiger partial charge in [0.1, 0.15) is 6.10 Å². The molecule has 2 heterocycles. The largest absolute Gasteiger partial charge is 0.368 e. The van der Waals surface area contributed by atoms with Gasteiger partial charge in [-0.1, -0.05) is 18.2 Å². The van der Waals surface area contributed by atoms with E-state index >= 15 is 0 Å². The number of carbonyl (C=O) groups is 2. The third-order valence-corrected chi connectivity index (χ3v) is 4.77. The van der Waals surface area contributed by atoms with Crippen LogP contribution in [0.2, 0.25) is 0 Å². The Morgan fingerprint density at radius 1 is 1.14 bits per heavy atom. The van der Waals surface area contributed by atoms with Crippen LogP contribution in [-0.4, -0.2) is 34.3 Å². The van der Waals surface area contributed by atoms with Crippen molar-refractivity contribution in [3.8, 4) is 5.69 Å². The molecule has 7 nitrogen and oxygen atoms in total. The SMILES string of the molecule is O=C(NCc1ccc(-n2cccn2)cc1)c1cccc(NC(=O)C2CCCO2)c1. The maximum atomic E-state index is 12.5. The molecule has 1 aliphatic rings. The normalized spacial score (nSPS) is 15.8. The van der Waals surface area contributed by atoms with Gasteiger partial charge in [0.25, 0.3) is 11.8 Å². The molecule has 0 spiro atoms. The molecule has 0 saturated carbocycles. The summed E-state index contributed by atoms with van der Waals surface area (Å²) < 4.78 is 7.16. The van der Waals surface area contributed by atoms with Crippen molar-refractivity contribution < 1.29 is 14.3 Å². The highest BCUT2D eigenvalue weighted by atomic mass is 16.5. The van der Waals surface area contributed by atoms with Crippen molar-refractivity contribution >= 4 is 17.5 Å². The topological polar surface area (TPSA) is 85.3 Å². The monoisotopic (exact) mass is 390 g/mol. The minimum absolute atomic E-state index is 0.169. The maximum Gasteiger partial charge on any atom is 0.253 e. The first-order chi connectivity index (χ1) is 14.2. The number of nitrogens with one attached hydrogen (secondary N) is 2. The van der Waals surface area contributed by atoms with Crippen molar-refractivity contribution in [1.29, 1.82) is 0 Å². The molecule has 1 aliphatic heterocycles. The molecule has 0 aliphatic carbocycles. The lowest BCUT2D eigenvalue weighted by molar-refractivity contribution is -0.124. The summed E-state index contributed by atoms with van der Waals surface area (Å²) in [6.45, 7) is 1.02. The lowest BCUT2D eigenvalue weighted by Crippen LogP contribution is -2.27. The summed E-state index contributed by atoms with van der Waals surface area (Å²) in [6.07, 6.45) is 4.82. The van der Waals surface area contributed by atoms with Crippen LogP contribution in [0, 0.1) is 0 Å². The second kappa shape index (κ2) is 8.70. The van der Waals surface area contributed by atoms with E-state index in [4.69, 9.17) is 4.74 Å². The molecule has 7 heteroatoms. The van der Waals surface area contributed by atoms with Crippen molar-refractivity contribution in [2.45, 2.75) is 25.5 Å². The van der Waals surface area contributed by atoms with Gasteiger partial charge in [-0.15, -0.1) is 0 Å². The zero-order valence-corrected chi connectivity index (χ0v) is 15.9. The fraction of sp³-hybridized carbons (Fsp3) is 0.227. The lowest BCUT2D eigenvalue weighted by Gasteiger charge is -2.11. The summed E-state index contributed by atoms with van der Waals surface area (Å²) in [5, 5.41) is 9.92. The first-order valence-electron chi connectivity index (χ1n) is 9.59. The van der Waals surface area contributed by atoms with Gasteiger partial charge in [0.05, 0.1) is 5.69 Å². The van der Waals surface area contributed by atoms with E-state index in [1.54, 1.807) is 35.1 Å². The highest BCUT2D eigenvalue weighted by Crippen LogP contribution is 2.16. The van der Waals surface area contributed by atoms with Crippen molar-refractivity contribution in [3.05, 3.63) is 78.1 Å². The minimum atomic E-state index is -0.405. The molecule has 4 rings (SSSR count). The number of amides is 2. The first-order valence-corrected chi connectivity index (χ1v) is 9.59. The molecule has 2 amide bonds. The number of ether oxygens (including phenoxy) is 1. The van der Waals surface area contributed by atoms with Crippen LogP contribution in [0.5, 0.6) is 0 Å². The van der Waals surface area contributed by atoms with Crippen molar-refractivity contribution in [2.75, 3.05) is 11.9 Å². The van der Waals surface area contributed by atoms with Gasteiger partial charge in [-0.2, -0.15) is 5.10 Å². The van der Waals surface area contributed by atoms with Gasteiger partial charge >= 0.3 is 0 Å². The van der Waals surface area contributed by atoms with Crippen LogP contribution < -0.4 is 10.6 Å². The van der Waals surface area contributed by atoms with Gasteiger partial charge < -0.3 is 15.4 Å². The number of hydrogen-bond acceptors (Lipinski definition) is 4. The Hall–Kier alpha value is -3.45. The van der Waals surface area contributed by atoms with E-state index in [9.17, 15) is 9.59 Å². The standard InChI is InChI=1S/C22H22N4O3/c27-21(23-15-16-7-9-19(10-8-16)26-12-3-11-24-26)17-4-1-5-18(14-17)25-22(28)20-6-2-13-29-20/h1,3-5,7-12,14,20H,2,6,13,15H2,(H,23,27)(H,25,28). The van der Waals surface area contributed by atoms with E-state index in [-0.39, 0.29) is 11.8 Å². The molecular formula is C22H22N4O3. The molecule has 1 atom stereocenters. The summed E-state index contributed by atoms with van der Waals surface area (Å²) in [5.74, 6) is -0.369. The number of hydrogen-bond donors (Lipinski definition) is 2. The molecule has 0 radical (unpaired) electrons. The molecule has 2 aromatic carbocycles. The first kappa shape index (κ1) is 18.9. The molecule has 1 saturated heterocycles. The number of nitrogens with zero attached hydrogens (tertiary/aromatic N) is 2. The molecule has 3 aromatic rings. The second-order valence-electron chi connectivity index (χ2n) is 6.87. The molecule has 29 heavy (non-hydrogen) atoms. The summed E-state index contributed by atoms with van der Waals surface area (Å²) in [6, 6.07) is 16.6. The van der Waals surface area contributed by atoms with Crippen molar-refractivity contribution in [3.63, 3.8) is 0 Å². The minimum Gasteiger partial charge on any atom is -0.368 e. The molecule has 0 bridgehead atoms. The van der Waals surface area contributed by atoms with E-state index < -0.39 is 6.10 Å². The number of carbonyl (C=O) groups excluding carboxylic acids is 2. The molecular weight excluding hydrogens is 368 g/mol. The molecule has 148 valence electrons. The summed E-state index contributed by atoms with van der Waals surface area (Å²) in [7, 11) is 0. The van der Waals surface area contributed by atoms with E-state index in [0.717, 1.165) is 24.1 Å². The predicted octanol–water partition coefficient (Wildman–Crippen LogP) is 2.92. The van der Waals surface area contributed by atoms with E-state index in [2.05, 4.69) is 15.7 Å². The van der Waals surface area contributed by atoms with Gasteiger partial charge in [0.2, 0.25) is 0 Å². The van der Waals surface area contributed by atoms with Crippen LogP contribution in [0.1, 0.15) is 28.8 Å².